The van der Waals surface area contributed by atoms with E-state index in [0.717, 1.165) is 0 Å². The van der Waals surface area contributed by atoms with Crippen molar-refractivity contribution in [2.24, 2.45) is 4.99 Å². The molecule has 0 fully saturated rings. The normalized spacial score (nSPS) is 14.6. The molecule has 0 saturated carbocycles. The lowest BCUT2D eigenvalue weighted by Crippen LogP contribution is -2.08. The van der Waals surface area contributed by atoms with Gasteiger partial charge in [-0.15, -0.1) is 0 Å². The molecule has 0 aliphatic carbocycles. The average Bonchev–Trinajstić information content (AvgIpc) is 3.05. The number of hydrogen-bond acceptors (Lipinski definition) is 6. The molecule has 8 heteroatoms. The fourth-order valence-corrected chi connectivity index (χ4v) is 3.29. The van der Waals surface area contributed by atoms with E-state index in [9.17, 15) is 9.59 Å². The molecule has 6 nitrogen and oxygen atoms in total. The zero-order valence-corrected chi connectivity index (χ0v) is 18.0. The molecule has 2 aromatic carbocycles. The highest BCUT2D eigenvalue weighted by Crippen LogP contribution is 2.38. The van der Waals surface area contributed by atoms with Crippen LogP contribution in [0.4, 0.5) is 0 Å². The van der Waals surface area contributed by atoms with Gasteiger partial charge in [-0.05, 0) is 58.8 Å². The first-order valence-corrected chi connectivity index (χ1v) is 10.0. The minimum absolute atomic E-state index is 0.118. The maximum Gasteiger partial charge on any atom is 0.363 e. The fraction of sp³-hybridized carbons (Fsp3) is 0.190. The van der Waals surface area contributed by atoms with Crippen LogP contribution in [0.2, 0.25) is 5.02 Å². The van der Waals surface area contributed by atoms with Crippen LogP contribution in [0.1, 0.15) is 31.4 Å². The number of cyclic esters (lactones) is 1. The summed E-state index contributed by atoms with van der Waals surface area (Å²) in [5, 5.41) is 0.434. The fourth-order valence-electron chi connectivity index (χ4n) is 2.54. The van der Waals surface area contributed by atoms with Crippen molar-refractivity contribution in [3.8, 4) is 11.5 Å². The number of halogens is 2. The molecule has 0 spiro atoms. The van der Waals surface area contributed by atoms with E-state index in [2.05, 4.69) is 20.9 Å². The number of rotatable bonds is 6. The smallest absolute Gasteiger partial charge is 0.363 e. The highest BCUT2D eigenvalue weighted by molar-refractivity contribution is 9.10. The Morgan fingerprint density at radius 2 is 2.03 bits per heavy atom. The Kier molecular flexibility index (Phi) is 6.71. The van der Waals surface area contributed by atoms with Gasteiger partial charge in [-0.1, -0.05) is 30.7 Å². The second-order valence-corrected chi connectivity index (χ2v) is 7.17. The molecule has 29 heavy (non-hydrogen) atoms. The van der Waals surface area contributed by atoms with Crippen molar-refractivity contribution in [3.05, 3.63) is 62.7 Å². The van der Waals surface area contributed by atoms with Gasteiger partial charge >= 0.3 is 11.9 Å². The van der Waals surface area contributed by atoms with Gasteiger partial charge in [0.1, 0.15) is 0 Å². The topological polar surface area (TPSA) is 74.2 Å². The van der Waals surface area contributed by atoms with Gasteiger partial charge in [-0.25, -0.2) is 9.79 Å². The molecule has 0 atom stereocenters. The van der Waals surface area contributed by atoms with Crippen molar-refractivity contribution in [3.63, 3.8) is 0 Å². The van der Waals surface area contributed by atoms with Gasteiger partial charge in [-0.2, -0.15) is 0 Å². The number of nitrogens with zero attached hydrogens (tertiary/aromatic N) is 1. The molecule has 0 saturated heterocycles. The summed E-state index contributed by atoms with van der Waals surface area (Å²) in [5.74, 6) is -0.168. The van der Waals surface area contributed by atoms with Crippen molar-refractivity contribution in [2.45, 2.75) is 20.3 Å². The van der Waals surface area contributed by atoms with Crippen molar-refractivity contribution in [1.82, 2.24) is 0 Å². The monoisotopic (exact) mass is 477 g/mol. The quantitative estimate of drug-likeness (QED) is 0.326. The lowest BCUT2D eigenvalue weighted by molar-refractivity contribution is -0.134. The van der Waals surface area contributed by atoms with Gasteiger partial charge in [0, 0.05) is 6.42 Å². The maximum atomic E-state index is 12.3. The Morgan fingerprint density at radius 3 is 2.72 bits per heavy atom. The van der Waals surface area contributed by atoms with Gasteiger partial charge in [0.15, 0.2) is 17.2 Å². The largest absolute Gasteiger partial charge is 0.490 e. The number of esters is 2. The number of benzene rings is 2. The second-order valence-electron chi connectivity index (χ2n) is 5.91. The van der Waals surface area contributed by atoms with E-state index in [0.29, 0.717) is 33.0 Å². The van der Waals surface area contributed by atoms with E-state index in [4.69, 9.17) is 25.8 Å². The van der Waals surface area contributed by atoms with E-state index < -0.39 is 5.97 Å². The maximum absolute atomic E-state index is 12.3. The Labute approximate surface area is 181 Å². The summed E-state index contributed by atoms with van der Waals surface area (Å²) in [6.07, 6.45) is 1.79. The van der Waals surface area contributed by atoms with Gasteiger partial charge < -0.3 is 14.2 Å². The van der Waals surface area contributed by atoms with E-state index in [1.807, 2.05) is 6.92 Å². The third-order valence-electron chi connectivity index (χ3n) is 3.86. The van der Waals surface area contributed by atoms with Crippen LogP contribution in [0.25, 0.3) is 6.08 Å². The van der Waals surface area contributed by atoms with Gasteiger partial charge in [0.2, 0.25) is 5.90 Å². The highest BCUT2D eigenvalue weighted by atomic mass is 79.9. The van der Waals surface area contributed by atoms with Crippen molar-refractivity contribution in [1.29, 1.82) is 0 Å². The minimum Gasteiger partial charge on any atom is -0.490 e. The zero-order chi connectivity index (χ0) is 21.0. The molecule has 0 unspecified atom stereocenters. The van der Waals surface area contributed by atoms with Crippen LogP contribution in [0.3, 0.4) is 0 Å². The molecule has 0 N–H and O–H groups in total. The molecule has 1 aliphatic rings. The van der Waals surface area contributed by atoms with E-state index >= 15 is 0 Å². The SMILES string of the molecule is CCOc1cc(/C=C2\N=C(c3ccccc3Cl)OC2=O)cc(Br)c1OC(=O)CC. The summed E-state index contributed by atoms with van der Waals surface area (Å²) in [6, 6.07) is 10.3. The van der Waals surface area contributed by atoms with Crippen LogP contribution in [0, 0.1) is 0 Å². The van der Waals surface area contributed by atoms with Gasteiger partial charge in [-0.3, -0.25) is 4.79 Å². The molecule has 0 bridgehead atoms. The summed E-state index contributed by atoms with van der Waals surface area (Å²) in [4.78, 5) is 28.2. The number of aliphatic imine (C=N–C) groups is 1. The molecule has 150 valence electrons. The molecule has 3 rings (SSSR count). The van der Waals surface area contributed by atoms with E-state index in [1.165, 1.54) is 0 Å². The van der Waals surface area contributed by atoms with Crippen LogP contribution in [0.5, 0.6) is 11.5 Å². The summed E-state index contributed by atoms with van der Waals surface area (Å²) in [7, 11) is 0. The number of hydrogen-bond donors (Lipinski definition) is 0. The standard InChI is InChI=1S/C21H17BrClNO5/c1-3-18(25)28-19-14(22)9-12(11-17(19)27-4-2)10-16-21(26)29-20(24-16)13-7-5-6-8-15(13)23/h5-11H,3-4H2,1-2H3/b16-10-. The lowest BCUT2D eigenvalue weighted by Gasteiger charge is -2.13. The predicted octanol–water partition coefficient (Wildman–Crippen LogP) is 5.16. The summed E-state index contributed by atoms with van der Waals surface area (Å²) < 4.78 is 16.7. The van der Waals surface area contributed by atoms with Crippen LogP contribution < -0.4 is 9.47 Å². The van der Waals surface area contributed by atoms with Crippen molar-refractivity contribution < 1.29 is 23.8 Å². The number of carbonyl (C=O) groups is 2. The number of ether oxygens (including phenoxy) is 3. The van der Waals surface area contributed by atoms with Crippen molar-refractivity contribution in [2.75, 3.05) is 6.61 Å². The third-order valence-corrected chi connectivity index (χ3v) is 4.78. The van der Waals surface area contributed by atoms with Crippen LogP contribution in [0.15, 0.2) is 51.6 Å². The Hall–Kier alpha value is -2.64. The highest BCUT2D eigenvalue weighted by Gasteiger charge is 2.26. The first-order valence-electron chi connectivity index (χ1n) is 8.87. The number of carbonyl (C=O) groups excluding carboxylic acids is 2. The first-order chi connectivity index (χ1) is 13.9. The van der Waals surface area contributed by atoms with Crippen LogP contribution in [-0.2, 0) is 14.3 Å². The minimum atomic E-state index is -0.588. The summed E-state index contributed by atoms with van der Waals surface area (Å²) >= 11 is 9.54. The predicted molar refractivity (Wildman–Crippen MR) is 113 cm³/mol. The van der Waals surface area contributed by atoms with Gasteiger partial charge in [0.05, 0.1) is 21.7 Å². The third kappa shape index (κ3) is 4.86. The molecule has 1 heterocycles. The molecule has 2 aromatic rings. The molecular formula is C21H17BrClNO5. The van der Waals surface area contributed by atoms with Gasteiger partial charge in [0.25, 0.3) is 0 Å². The molecular weight excluding hydrogens is 462 g/mol. The Morgan fingerprint density at radius 1 is 1.28 bits per heavy atom. The average molecular weight is 479 g/mol. The Balaban J connectivity index is 1.98. The lowest BCUT2D eigenvalue weighted by atomic mass is 10.1. The second kappa shape index (κ2) is 9.24. The van der Waals surface area contributed by atoms with Crippen LogP contribution in [-0.4, -0.2) is 24.4 Å². The van der Waals surface area contributed by atoms with E-state index in [-0.39, 0.29) is 29.7 Å². The zero-order valence-electron chi connectivity index (χ0n) is 15.7. The van der Waals surface area contributed by atoms with Crippen LogP contribution >= 0.6 is 27.5 Å². The molecule has 1 aliphatic heterocycles. The van der Waals surface area contributed by atoms with Crippen molar-refractivity contribution >= 4 is 51.4 Å². The summed E-state index contributed by atoms with van der Waals surface area (Å²) in [6.45, 7) is 3.90. The first kappa shape index (κ1) is 21.1. The molecule has 0 radical (unpaired) electrons. The molecule has 0 aromatic heterocycles. The Bertz CT molecular complexity index is 1030. The molecule has 0 amide bonds. The summed E-state index contributed by atoms with van der Waals surface area (Å²) in [5.41, 5.74) is 1.27. The van der Waals surface area contributed by atoms with E-state index in [1.54, 1.807) is 49.4 Å².